The molecule has 4 nitrogen and oxygen atoms in total. The van der Waals surface area contributed by atoms with Crippen LogP contribution in [0.5, 0.6) is 0 Å². The monoisotopic (exact) mass is 281 g/mol. The SMILES string of the molecule is CC(CCNC(=O)c1cc2c(s1)CCCC2)C(=O)O. The molecule has 0 fully saturated rings. The number of aliphatic carboxylic acids is 1. The summed E-state index contributed by atoms with van der Waals surface area (Å²) in [5.41, 5.74) is 1.32. The van der Waals surface area contributed by atoms with Gasteiger partial charge in [0.1, 0.15) is 0 Å². The number of fused-ring (bicyclic) bond motifs is 1. The Morgan fingerprint density at radius 1 is 1.42 bits per heavy atom. The first-order valence-corrected chi connectivity index (χ1v) is 7.52. The molecule has 1 heterocycles. The normalized spacial score (nSPS) is 15.6. The highest BCUT2D eigenvalue weighted by Gasteiger charge is 2.17. The van der Waals surface area contributed by atoms with Crippen LogP contribution in [0, 0.1) is 5.92 Å². The summed E-state index contributed by atoms with van der Waals surface area (Å²) in [5, 5.41) is 11.6. The van der Waals surface area contributed by atoms with Crippen molar-refractivity contribution in [1.29, 1.82) is 0 Å². The third-order valence-electron chi connectivity index (χ3n) is 3.50. The summed E-state index contributed by atoms with van der Waals surface area (Å²) in [6.07, 6.45) is 5.05. The number of amides is 1. The average Bonchev–Trinajstić information content (AvgIpc) is 2.82. The molecule has 2 N–H and O–H groups in total. The molecule has 5 heteroatoms. The van der Waals surface area contributed by atoms with Crippen LogP contribution in [-0.2, 0) is 17.6 Å². The molecule has 104 valence electrons. The number of aryl methyl sites for hydroxylation is 2. The first-order chi connectivity index (χ1) is 9.08. The molecule has 1 aromatic rings. The highest BCUT2D eigenvalue weighted by Crippen LogP contribution is 2.29. The standard InChI is InChI=1S/C14H19NO3S/c1-9(14(17)18)6-7-15-13(16)12-8-10-4-2-3-5-11(10)19-12/h8-9H,2-7H2,1H3,(H,15,16)(H,17,18). The summed E-state index contributed by atoms with van der Waals surface area (Å²) in [6.45, 7) is 2.06. The summed E-state index contributed by atoms with van der Waals surface area (Å²) < 4.78 is 0. The predicted octanol–water partition coefficient (Wildman–Crippen LogP) is 2.47. The Bertz CT molecular complexity index is 458. The number of carbonyl (C=O) groups excluding carboxylic acids is 1. The van der Waals surface area contributed by atoms with Gasteiger partial charge in [0.2, 0.25) is 0 Å². The first kappa shape index (κ1) is 14.1. The number of carbonyl (C=O) groups is 2. The summed E-state index contributed by atoms with van der Waals surface area (Å²) in [6, 6.07) is 2.00. The van der Waals surface area contributed by atoms with E-state index in [0.29, 0.717) is 13.0 Å². The van der Waals surface area contributed by atoms with Gasteiger partial charge >= 0.3 is 5.97 Å². The van der Waals surface area contributed by atoms with Gasteiger partial charge in [-0.15, -0.1) is 11.3 Å². The lowest BCUT2D eigenvalue weighted by Gasteiger charge is -2.08. The van der Waals surface area contributed by atoms with Crippen LogP contribution in [0.2, 0.25) is 0 Å². The Kier molecular flexibility index (Phi) is 4.58. The number of carboxylic acid groups (broad SMARTS) is 1. The number of hydrogen-bond acceptors (Lipinski definition) is 3. The van der Waals surface area contributed by atoms with Crippen LogP contribution in [0.3, 0.4) is 0 Å². The van der Waals surface area contributed by atoms with Crippen molar-refractivity contribution in [3.8, 4) is 0 Å². The number of carboxylic acids is 1. The molecular weight excluding hydrogens is 262 g/mol. The highest BCUT2D eigenvalue weighted by molar-refractivity contribution is 7.14. The van der Waals surface area contributed by atoms with Gasteiger partial charge in [0, 0.05) is 11.4 Å². The summed E-state index contributed by atoms with van der Waals surface area (Å²) in [4.78, 5) is 24.7. The van der Waals surface area contributed by atoms with E-state index >= 15 is 0 Å². The molecule has 0 spiro atoms. The van der Waals surface area contributed by atoms with E-state index in [0.717, 1.165) is 17.7 Å². The van der Waals surface area contributed by atoms with Crippen molar-refractivity contribution in [2.75, 3.05) is 6.54 Å². The number of rotatable bonds is 5. The lowest BCUT2D eigenvalue weighted by atomic mass is 9.99. The second kappa shape index (κ2) is 6.19. The number of nitrogens with one attached hydrogen (secondary N) is 1. The van der Waals surface area contributed by atoms with Gasteiger partial charge in [-0.2, -0.15) is 0 Å². The van der Waals surface area contributed by atoms with Gasteiger partial charge in [0.15, 0.2) is 0 Å². The van der Waals surface area contributed by atoms with Gasteiger partial charge in [0.25, 0.3) is 5.91 Å². The van der Waals surface area contributed by atoms with Crippen molar-refractivity contribution < 1.29 is 14.7 Å². The molecule has 1 unspecified atom stereocenters. The van der Waals surface area contributed by atoms with E-state index in [1.165, 1.54) is 23.3 Å². The molecule has 0 aliphatic heterocycles. The Morgan fingerprint density at radius 2 is 2.16 bits per heavy atom. The Morgan fingerprint density at radius 3 is 2.84 bits per heavy atom. The minimum Gasteiger partial charge on any atom is -0.481 e. The molecule has 0 saturated heterocycles. The highest BCUT2D eigenvalue weighted by atomic mass is 32.1. The lowest BCUT2D eigenvalue weighted by molar-refractivity contribution is -0.141. The third kappa shape index (κ3) is 3.56. The van der Waals surface area contributed by atoms with E-state index in [2.05, 4.69) is 5.32 Å². The van der Waals surface area contributed by atoms with E-state index < -0.39 is 11.9 Å². The minimum atomic E-state index is -0.819. The maximum absolute atomic E-state index is 12.0. The molecule has 2 rings (SSSR count). The molecule has 1 atom stereocenters. The van der Waals surface area contributed by atoms with Crippen LogP contribution >= 0.6 is 11.3 Å². The fourth-order valence-electron chi connectivity index (χ4n) is 2.22. The van der Waals surface area contributed by atoms with E-state index in [1.807, 2.05) is 6.07 Å². The molecule has 1 aliphatic rings. The second-order valence-corrected chi connectivity index (χ2v) is 6.19. The molecule has 0 saturated carbocycles. The first-order valence-electron chi connectivity index (χ1n) is 6.70. The van der Waals surface area contributed by atoms with Crippen LogP contribution < -0.4 is 5.32 Å². The van der Waals surface area contributed by atoms with E-state index in [9.17, 15) is 9.59 Å². The maximum Gasteiger partial charge on any atom is 0.306 e. The number of hydrogen-bond donors (Lipinski definition) is 2. The van der Waals surface area contributed by atoms with Crippen molar-refractivity contribution in [1.82, 2.24) is 5.32 Å². The molecular formula is C14H19NO3S. The van der Waals surface area contributed by atoms with E-state index in [1.54, 1.807) is 18.3 Å². The predicted molar refractivity (Wildman–Crippen MR) is 74.7 cm³/mol. The van der Waals surface area contributed by atoms with Gasteiger partial charge in [0.05, 0.1) is 10.8 Å². The van der Waals surface area contributed by atoms with Gasteiger partial charge < -0.3 is 10.4 Å². The fraction of sp³-hybridized carbons (Fsp3) is 0.571. The number of thiophene rings is 1. The van der Waals surface area contributed by atoms with Crippen molar-refractivity contribution in [3.63, 3.8) is 0 Å². The van der Waals surface area contributed by atoms with Crippen molar-refractivity contribution in [2.24, 2.45) is 5.92 Å². The van der Waals surface area contributed by atoms with Crippen LogP contribution in [-0.4, -0.2) is 23.5 Å². The van der Waals surface area contributed by atoms with Gasteiger partial charge in [-0.05, 0) is 43.7 Å². The zero-order valence-electron chi connectivity index (χ0n) is 11.1. The quantitative estimate of drug-likeness (QED) is 0.871. The molecule has 0 aromatic carbocycles. The van der Waals surface area contributed by atoms with Gasteiger partial charge in [-0.3, -0.25) is 9.59 Å². The zero-order valence-corrected chi connectivity index (χ0v) is 11.9. The van der Waals surface area contributed by atoms with Crippen LogP contribution in [0.4, 0.5) is 0 Å². The Labute approximate surface area is 116 Å². The zero-order chi connectivity index (χ0) is 13.8. The fourth-order valence-corrected chi connectivity index (χ4v) is 3.39. The van der Waals surface area contributed by atoms with Crippen molar-refractivity contribution in [3.05, 3.63) is 21.4 Å². The van der Waals surface area contributed by atoms with E-state index in [-0.39, 0.29) is 5.91 Å². The topological polar surface area (TPSA) is 66.4 Å². The maximum atomic E-state index is 12.0. The summed E-state index contributed by atoms with van der Waals surface area (Å²) in [7, 11) is 0. The smallest absolute Gasteiger partial charge is 0.306 e. The Hall–Kier alpha value is -1.36. The summed E-state index contributed by atoms with van der Waals surface area (Å²) >= 11 is 1.58. The Balaban J connectivity index is 1.86. The van der Waals surface area contributed by atoms with Gasteiger partial charge in [-0.1, -0.05) is 6.92 Å². The third-order valence-corrected chi connectivity index (χ3v) is 4.74. The lowest BCUT2D eigenvalue weighted by Crippen LogP contribution is -2.26. The van der Waals surface area contributed by atoms with Crippen molar-refractivity contribution >= 4 is 23.2 Å². The second-order valence-electron chi connectivity index (χ2n) is 5.05. The van der Waals surface area contributed by atoms with Crippen molar-refractivity contribution in [2.45, 2.75) is 39.0 Å². The largest absolute Gasteiger partial charge is 0.481 e. The minimum absolute atomic E-state index is 0.0722. The molecule has 1 amide bonds. The molecule has 1 aliphatic carbocycles. The van der Waals surface area contributed by atoms with E-state index in [4.69, 9.17) is 5.11 Å². The molecule has 0 bridgehead atoms. The average molecular weight is 281 g/mol. The molecule has 19 heavy (non-hydrogen) atoms. The molecule has 0 radical (unpaired) electrons. The van der Waals surface area contributed by atoms with Crippen LogP contribution in [0.25, 0.3) is 0 Å². The van der Waals surface area contributed by atoms with Gasteiger partial charge in [-0.25, -0.2) is 0 Å². The molecule has 1 aromatic heterocycles. The summed E-state index contributed by atoms with van der Waals surface area (Å²) in [5.74, 6) is -1.31. The van der Waals surface area contributed by atoms with Crippen LogP contribution in [0.15, 0.2) is 6.07 Å². The van der Waals surface area contributed by atoms with Crippen LogP contribution in [0.1, 0.15) is 46.3 Å².